The average molecular weight is 396 g/mol. The molecule has 0 amide bonds. The van der Waals surface area contributed by atoms with Gasteiger partial charge in [0, 0.05) is 11.1 Å². The van der Waals surface area contributed by atoms with E-state index < -0.39 is 0 Å². The van der Waals surface area contributed by atoms with E-state index in [1.165, 1.54) is 0 Å². The number of para-hydroxylation sites is 1. The maximum absolute atomic E-state index is 11.6. The molecule has 0 bridgehead atoms. The minimum Gasteiger partial charge on any atom is -0.497 e. The first kappa shape index (κ1) is 19.3. The standard InChI is InChI=1S/C24H20N4O2/c1-17(29)18-8-10-19(11-9-18)24-23(16-25-28(24)21-6-4-3-5-7-21)27-26-20-12-14-22(30-2)15-13-20/h3-16H,1-2H3. The van der Waals surface area contributed by atoms with Crippen LogP contribution in [0.1, 0.15) is 17.3 Å². The number of hydrogen-bond acceptors (Lipinski definition) is 5. The molecular weight excluding hydrogens is 376 g/mol. The first-order valence-corrected chi connectivity index (χ1v) is 9.46. The Labute approximate surface area is 174 Å². The molecule has 0 aliphatic carbocycles. The molecule has 4 rings (SSSR count). The van der Waals surface area contributed by atoms with Gasteiger partial charge in [-0.2, -0.15) is 10.2 Å². The van der Waals surface area contributed by atoms with Crippen LogP contribution in [-0.2, 0) is 0 Å². The number of rotatable bonds is 6. The van der Waals surface area contributed by atoms with Crippen molar-refractivity contribution in [3.8, 4) is 22.7 Å². The van der Waals surface area contributed by atoms with E-state index in [9.17, 15) is 4.79 Å². The Bertz CT molecular complexity index is 1180. The van der Waals surface area contributed by atoms with E-state index in [1.54, 1.807) is 20.2 Å². The third-order valence-electron chi connectivity index (χ3n) is 4.66. The summed E-state index contributed by atoms with van der Waals surface area (Å²) in [7, 11) is 1.62. The molecule has 0 radical (unpaired) electrons. The van der Waals surface area contributed by atoms with Crippen LogP contribution in [0.5, 0.6) is 5.75 Å². The highest BCUT2D eigenvalue weighted by Gasteiger charge is 2.15. The second kappa shape index (κ2) is 8.53. The Kier molecular flexibility index (Phi) is 5.48. The number of Topliss-reactive ketones (excluding diaryl/α,β-unsaturated/α-hetero) is 1. The summed E-state index contributed by atoms with van der Waals surface area (Å²) in [5.41, 5.74) is 4.60. The zero-order chi connectivity index (χ0) is 20.9. The summed E-state index contributed by atoms with van der Waals surface area (Å²) in [4.78, 5) is 11.6. The molecule has 0 saturated carbocycles. The van der Waals surface area contributed by atoms with Crippen LogP contribution in [0, 0.1) is 0 Å². The lowest BCUT2D eigenvalue weighted by Crippen LogP contribution is -1.99. The molecule has 0 aliphatic rings. The molecule has 1 aromatic heterocycles. The van der Waals surface area contributed by atoms with Crippen molar-refractivity contribution in [1.82, 2.24) is 9.78 Å². The van der Waals surface area contributed by atoms with Gasteiger partial charge < -0.3 is 4.74 Å². The van der Waals surface area contributed by atoms with Gasteiger partial charge >= 0.3 is 0 Å². The number of ether oxygens (including phenoxy) is 1. The predicted octanol–water partition coefficient (Wildman–Crippen LogP) is 6.17. The second-order valence-electron chi connectivity index (χ2n) is 6.66. The first-order valence-electron chi connectivity index (χ1n) is 9.46. The van der Waals surface area contributed by atoms with E-state index in [0.717, 1.165) is 22.7 Å². The Morgan fingerprint density at radius 2 is 1.60 bits per heavy atom. The van der Waals surface area contributed by atoms with Crippen LogP contribution in [0.15, 0.2) is 95.3 Å². The lowest BCUT2D eigenvalue weighted by Gasteiger charge is -2.09. The second-order valence-corrected chi connectivity index (χ2v) is 6.66. The molecule has 3 aromatic carbocycles. The van der Waals surface area contributed by atoms with E-state index in [2.05, 4.69) is 15.3 Å². The number of carbonyl (C=O) groups excluding carboxylic acids is 1. The number of ketones is 1. The zero-order valence-electron chi connectivity index (χ0n) is 16.7. The van der Waals surface area contributed by atoms with Gasteiger partial charge in [0.15, 0.2) is 5.78 Å². The fourth-order valence-corrected chi connectivity index (χ4v) is 3.07. The molecular formula is C24H20N4O2. The Balaban J connectivity index is 1.77. The SMILES string of the molecule is COc1ccc(N=Nc2cnn(-c3ccccc3)c2-c2ccc(C(C)=O)cc2)cc1. The van der Waals surface area contributed by atoms with Crippen molar-refractivity contribution >= 4 is 17.2 Å². The molecule has 0 unspecified atom stereocenters. The Hall–Kier alpha value is -4.06. The molecule has 0 aliphatic heterocycles. The molecule has 6 nitrogen and oxygen atoms in total. The number of methoxy groups -OCH3 is 1. The summed E-state index contributed by atoms with van der Waals surface area (Å²) >= 11 is 0. The third kappa shape index (κ3) is 4.03. The van der Waals surface area contributed by atoms with Crippen molar-refractivity contribution in [1.29, 1.82) is 0 Å². The van der Waals surface area contributed by atoms with E-state index in [4.69, 9.17) is 4.74 Å². The number of nitrogens with zero attached hydrogens (tertiary/aromatic N) is 4. The van der Waals surface area contributed by atoms with Gasteiger partial charge in [0.2, 0.25) is 0 Å². The number of hydrogen-bond donors (Lipinski definition) is 0. The molecule has 30 heavy (non-hydrogen) atoms. The summed E-state index contributed by atoms with van der Waals surface area (Å²) in [6, 6.07) is 24.6. The predicted molar refractivity (Wildman–Crippen MR) is 116 cm³/mol. The van der Waals surface area contributed by atoms with Crippen molar-refractivity contribution in [2.75, 3.05) is 7.11 Å². The van der Waals surface area contributed by atoms with Gasteiger partial charge in [0.25, 0.3) is 0 Å². The first-order chi connectivity index (χ1) is 14.7. The molecule has 0 spiro atoms. The molecule has 4 aromatic rings. The van der Waals surface area contributed by atoms with E-state index in [-0.39, 0.29) is 5.78 Å². The number of carbonyl (C=O) groups is 1. The van der Waals surface area contributed by atoms with Crippen molar-refractivity contribution < 1.29 is 9.53 Å². The maximum Gasteiger partial charge on any atom is 0.159 e. The van der Waals surface area contributed by atoms with Gasteiger partial charge in [-0.1, -0.05) is 42.5 Å². The van der Waals surface area contributed by atoms with Crippen molar-refractivity contribution in [2.24, 2.45) is 10.2 Å². The summed E-state index contributed by atoms with van der Waals surface area (Å²) in [6.07, 6.45) is 1.69. The Morgan fingerprint density at radius 3 is 2.23 bits per heavy atom. The lowest BCUT2D eigenvalue weighted by atomic mass is 10.1. The molecule has 0 atom stereocenters. The van der Waals surface area contributed by atoms with Crippen LogP contribution in [0.4, 0.5) is 11.4 Å². The third-order valence-corrected chi connectivity index (χ3v) is 4.66. The van der Waals surface area contributed by atoms with Crippen LogP contribution in [0.25, 0.3) is 16.9 Å². The highest BCUT2D eigenvalue weighted by Crippen LogP contribution is 2.34. The minimum absolute atomic E-state index is 0.0255. The largest absolute Gasteiger partial charge is 0.497 e. The fraction of sp³-hybridized carbons (Fsp3) is 0.0833. The van der Waals surface area contributed by atoms with E-state index >= 15 is 0 Å². The van der Waals surface area contributed by atoms with Crippen LogP contribution >= 0.6 is 0 Å². The van der Waals surface area contributed by atoms with E-state index in [1.807, 2.05) is 83.5 Å². The molecule has 0 saturated heterocycles. The van der Waals surface area contributed by atoms with E-state index in [0.29, 0.717) is 16.9 Å². The van der Waals surface area contributed by atoms with Gasteiger partial charge in [0.1, 0.15) is 17.1 Å². The zero-order valence-corrected chi connectivity index (χ0v) is 16.7. The Morgan fingerprint density at radius 1 is 0.900 bits per heavy atom. The van der Waals surface area contributed by atoms with Crippen molar-refractivity contribution in [3.63, 3.8) is 0 Å². The minimum atomic E-state index is 0.0255. The van der Waals surface area contributed by atoms with Gasteiger partial charge in [-0.15, -0.1) is 5.11 Å². The maximum atomic E-state index is 11.6. The smallest absolute Gasteiger partial charge is 0.159 e. The van der Waals surface area contributed by atoms with Crippen molar-refractivity contribution in [2.45, 2.75) is 6.92 Å². The topological polar surface area (TPSA) is 68.8 Å². The normalized spacial score (nSPS) is 11.0. The monoisotopic (exact) mass is 396 g/mol. The average Bonchev–Trinajstić information content (AvgIpc) is 3.22. The van der Waals surface area contributed by atoms with Crippen LogP contribution in [0.3, 0.4) is 0 Å². The quantitative estimate of drug-likeness (QED) is 0.289. The lowest BCUT2D eigenvalue weighted by molar-refractivity contribution is 0.101. The molecule has 0 fully saturated rings. The van der Waals surface area contributed by atoms with Crippen LogP contribution in [-0.4, -0.2) is 22.7 Å². The van der Waals surface area contributed by atoms with Crippen LogP contribution < -0.4 is 4.74 Å². The molecule has 1 heterocycles. The van der Waals surface area contributed by atoms with Crippen molar-refractivity contribution in [3.05, 3.63) is 90.6 Å². The van der Waals surface area contributed by atoms with Gasteiger partial charge in [-0.3, -0.25) is 4.79 Å². The number of azo groups is 1. The van der Waals surface area contributed by atoms with Crippen LogP contribution in [0.2, 0.25) is 0 Å². The summed E-state index contributed by atoms with van der Waals surface area (Å²) < 4.78 is 7.00. The summed E-state index contributed by atoms with van der Waals surface area (Å²) in [5.74, 6) is 0.787. The highest BCUT2D eigenvalue weighted by atomic mass is 16.5. The van der Waals surface area contributed by atoms with Gasteiger partial charge in [-0.05, 0) is 43.3 Å². The number of benzene rings is 3. The highest BCUT2D eigenvalue weighted by molar-refractivity contribution is 5.94. The molecule has 6 heteroatoms. The summed E-state index contributed by atoms with van der Waals surface area (Å²) in [6.45, 7) is 1.55. The molecule has 0 N–H and O–H groups in total. The molecule has 148 valence electrons. The number of aromatic nitrogens is 2. The van der Waals surface area contributed by atoms with Gasteiger partial charge in [0.05, 0.1) is 24.7 Å². The fourth-order valence-electron chi connectivity index (χ4n) is 3.07. The summed E-state index contributed by atoms with van der Waals surface area (Å²) in [5, 5.41) is 13.3. The van der Waals surface area contributed by atoms with Gasteiger partial charge in [-0.25, -0.2) is 4.68 Å².